The van der Waals surface area contributed by atoms with Crippen LogP contribution in [-0.4, -0.2) is 76.5 Å². The van der Waals surface area contributed by atoms with Crippen molar-refractivity contribution in [3.8, 4) is 0 Å². The Morgan fingerprint density at radius 3 is 1.30 bits per heavy atom. The molecular weight excluding hydrogens is 476 g/mol. The van der Waals surface area contributed by atoms with Crippen molar-refractivity contribution in [3.05, 3.63) is 0 Å². The van der Waals surface area contributed by atoms with E-state index < -0.39 is 5.97 Å². The maximum atomic E-state index is 11.5. The van der Waals surface area contributed by atoms with Gasteiger partial charge in [0.25, 0.3) is 0 Å². The van der Waals surface area contributed by atoms with E-state index in [4.69, 9.17) is 28.8 Å². The van der Waals surface area contributed by atoms with Gasteiger partial charge in [-0.1, -0.05) is 84.0 Å². The highest BCUT2D eigenvalue weighted by Gasteiger charge is 2.04. The van der Waals surface area contributed by atoms with E-state index >= 15 is 0 Å². The molecule has 8 nitrogen and oxygen atoms in total. The van der Waals surface area contributed by atoms with Crippen LogP contribution in [0.3, 0.4) is 0 Å². The summed E-state index contributed by atoms with van der Waals surface area (Å²) in [6, 6.07) is 0. The molecule has 0 saturated carbocycles. The molecule has 0 aliphatic carbocycles. The van der Waals surface area contributed by atoms with E-state index in [-0.39, 0.29) is 25.4 Å². The average Bonchev–Trinajstić information content (AvgIpc) is 2.88. The minimum atomic E-state index is -0.847. The first kappa shape index (κ1) is 35.8. The van der Waals surface area contributed by atoms with Gasteiger partial charge in [0.15, 0.2) is 0 Å². The minimum absolute atomic E-state index is 0.0781. The average molecular weight is 533 g/mol. The molecule has 0 aromatic carbocycles. The molecule has 37 heavy (non-hydrogen) atoms. The van der Waals surface area contributed by atoms with Crippen LogP contribution in [0.2, 0.25) is 0 Å². The molecule has 0 fully saturated rings. The van der Waals surface area contributed by atoms with Crippen LogP contribution in [0.5, 0.6) is 0 Å². The molecule has 0 spiro atoms. The quantitative estimate of drug-likeness (QED) is 0.0816. The van der Waals surface area contributed by atoms with Crippen molar-refractivity contribution in [2.75, 3.05) is 59.5 Å². The minimum Gasteiger partial charge on any atom is -0.481 e. The maximum Gasteiger partial charge on any atom is 0.305 e. The fourth-order valence-corrected chi connectivity index (χ4v) is 3.82. The van der Waals surface area contributed by atoms with Gasteiger partial charge >= 0.3 is 11.9 Å². The second-order valence-corrected chi connectivity index (χ2v) is 9.51. The Labute approximate surface area is 226 Å². The summed E-state index contributed by atoms with van der Waals surface area (Å²) in [5.41, 5.74) is 0. The number of rotatable bonds is 31. The predicted molar refractivity (Wildman–Crippen MR) is 146 cm³/mol. The van der Waals surface area contributed by atoms with Crippen molar-refractivity contribution in [1.82, 2.24) is 0 Å². The summed E-state index contributed by atoms with van der Waals surface area (Å²) in [5, 5.41) is 8.53. The number of carbonyl (C=O) groups is 2. The molecular formula is C29H56O8. The monoisotopic (exact) mass is 532 g/mol. The van der Waals surface area contributed by atoms with Crippen LogP contribution in [0.4, 0.5) is 0 Å². The molecule has 0 heterocycles. The zero-order chi connectivity index (χ0) is 27.1. The van der Waals surface area contributed by atoms with Crippen LogP contribution in [0.25, 0.3) is 0 Å². The maximum absolute atomic E-state index is 11.5. The standard InChI is InChI=1S/C29H56O8/c1-2-3-4-5-6-7-8-9-10-11-12-13-16-19-33-20-21-34-22-23-35-24-25-36-26-27-37-29(32)18-15-14-17-28(30)31/h2-27H2,1H3,(H,30,31). The third-order valence-corrected chi connectivity index (χ3v) is 6.02. The highest BCUT2D eigenvalue weighted by molar-refractivity contribution is 5.69. The summed E-state index contributed by atoms with van der Waals surface area (Å²) in [6.45, 7) is 6.73. The highest BCUT2D eigenvalue weighted by Crippen LogP contribution is 2.12. The first-order chi connectivity index (χ1) is 18.2. The number of esters is 1. The number of aliphatic carboxylic acids is 1. The van der Waals surface area contributed by atoms with Crippen LogP contribution in [0, 0.1) is 0 Å². The number of hydrogen-bond acceptors (Lipinski definition) is 7. The number of ether oxygens (including phenoxy) is 5. The Hall–Kier alpha value is -1.22. The Morgan fingerprint density at radius 2 is 0.838 bits per heavy atom. The Morgan fingerprint density at radius 1 is 0.459 bits per heavy atom. The first-order valence-electron chi connectivity index (χ1n) is 14.8. The number of unbranched alkanes of at least 4 members (excludes halogenated alkanes) is 13. The van der Waals surface area contributed by atoms with E-state index in [1.165, 1.54) is 77.0 Å². The first-order valence-corrected chi connectivity index (χ1v) is 14.8. The van der Waals surface area contributed by atoms with Crippen LogP contribution in [0.1, 0.15) is 116 Å². The lowest BCUT2D eigenvalue weighted by atomic mass is 10.0. The van der Waals surface area contributed by atoms with Crippen molar-refractivity contribution in [2.45, 2.75) is 116 Å². The van der Waals surface area contributed by atoms with Crippen molar-refractivity contribution in [2.24, 2.45) is 0 Å². The van der Waals surface area contributed by atoms with Gasteiger partial charge in [0.2, 0.25) is 0 Å². The SMILES string of the molecule is CCCCCCCCCCCCCCCOCCOCCOCCOCCOC(=O)CCCCC(=O)O. The van der Waals surface area contributed by atoms with E-state index in [0.29, 0.717) is 59.1 Å². The molecule has 8 heteroatoms. The smallest absolute Gasteiger partial charge is 0.305 e. The van der Waals surface area contributed by atoms with E-state index in [9.17, 15) is 9.59 Å². The van der Waals surface area contributed by atoms with E-state index in [0.717, 1.165) is 13.0 Å². The molecule has 0 radical (unpaired) electrons. The molecule has 1 N–H and O–H groups in total. The van der Waals surface area contributed by atoms with Gasteiger partial charge in [-0.15, -0.1) is 0 Å². The number of hydrogen-bond donors (Lipinski definition) is 1. The summed E-state index contributed by atoms with van der Waals surface area (Å²) in [6.07, 6.45) is 19.0. The summed E-state index contributed by atoms with van der Waals surface area (Å²) in [7, 11) is 0. The molecule has 0 amide bonds. The molecule has 0 aliphatic heterocycles. The van der Waals surface area contributed by atoms with Crippen LogP contribution < -0.4 is 0 Å². The van der Waals surface area contributed by atoms with Gasteiger partial charge in [0.1, 0.15) is 6.61 Å². The molecule has 0 unspecified atom stereocenters. The van der Waals surface area contributed by atoms with Gasteiger partial charge in [-0.2, -0.15) is 0 Å². The molecule has 0 aromatic heterocycles. The van der Waals surface area contributed by atoms with E-state index in [1.807, 2.05) is 0 Å². The third kappa shape index (κ3) is 32.8. The molecule has 0 aliphatic rings. The molecule has 0 atom stereocenters. The molecule has 0 rings (SSSR count). The van der Waals surface area contributed by atoms with Gasteiger partial charge in [-0.25, -0.2) is 0 Å². The fourth-order valence-electron chi connectivity index (χ4n) is 3.82. The van der Waals surface area contributed by atoms with Gasteiger partial charge in [0.05, 0.1) is 46.2 Å². The van der Waals surface area contributed by atoms with Crippen molar-refractivity contribution >= 4 is 11.9 Å². The highest BCUT2D eigenvalue weighted by atomic mass is 16.6. The van der Waals surface area contributed by atoms with Crippen molar-refractivity contribution in [3.63, 3.8) is 0 Å². The molecule has 220 valence electrons. The predicted octanol–water partition coefficient (Wildman–Crippen LogP) is 6.33. The van der Waals surface area contributed by atoms with Gasteiger partial charge in [0, 0.05) is 19.4 Å². The van der Waals surface area contributed by atoms with Crippen molar-refractivity contribution in [1.29, 1.82) is 0 Å². The van der Waals surface area contributed by atoms with Gasteiger partial charge < -0.3 is 28.8 Å². The van der Waals surface area contributed by atoms with Crippen LogP contribution in [-0.2, 0) is 33.3 Å². The number of carbonyl (C=O) groups excluding carboxylic acids is 1. The topological polar surface area (TPSA) is 101 Å². The summed E-state index contributed by atoms with van der Waals surface area (Å²) in [4.78, 5) is 21.8. The van der Waals surface area contributed by atoms with E-state index in [2.05, 4.69) is 6.92 Å². The largest absolute Gasteiger partial charge is 0.481 e. The Balaban J connectivity index is 3.09. The Bertz CT molecular complexity index is 487. The second-order valence-electron chi connectivity index (χ2n) is 9.51. The van der Waals surface area contributed by atoms with E-state index in [1.54, 1.807) is 0 Å². The summed E-state index contributed by atoms with van der Waals surface area (Å²) in [5.74, 6) is -1.17. The lowest BCUT2D eigenvalue weighted by Gasteiger charge is -2.08. The van der Waals surface area contributed by atoms with Gasteiger partial charge in [-0.05, 0) is 19.3 Å². The normalized spacial score (nSPS) is 11.2. The number of carboxylic acids is 1. The zero-order valence-corrected chi connectivity index (χ0v) is 23.7. The van der Waals surface area contributed by atoms with Gasteiger partial charge in [-0.3, -0.25) is 9.59 Å². The van der Waals surface area contributed by atoms with Crippen LogP contribution >= 0.6 is 0 Å². The lowest BCUT2D eigenvalue weighted by Crippen LogP contribution is -2.14. The molecule has 0 bridgehead atoms. The Kier molecular flexibility index (Phi) is 30.0. The molecule has 0 aromatic rings. The van der Waals surface area contributed by atoms with Crippen molar-refractivity contribution < 1.29 is 38.4 Å². The molecule has 0 saturated heterocycles. The van der Waals surface area contributed by atoms with Crippen LogP contribution in [0.15, 0.2) is 0 Å². The fraction of sp³-hybridized carbons (Fsp3) is 0.931. The zero-order valence-electron chi connectivity index (χ0n) is 23.7. The lowest BCUT2D eigenvalue weighted by molar-refractivity contribution is -0.146. The third-order valence-electron chi connectivity index (χ3n) is 6.02. The second kappa shape index (κ2) is 31.0. The summed E-state index contributed by atoms with van der Waals surface area (Å²) >= 11 is 0. The number of carboxylic acid groups (broad SMARTS) is 1. The summed E-state index contributed by atoms with van der Waals surface area (Å²) < 4.78 is 26.9.